The lowest BCUT2D eigenvalue weighted by Crippen LogP contribution is -2.36. The van der Waals surface area contributed by atoms with Crippen LogP contribution in [0.15, 0.2) is 51.9 Å². The Labute approximate surface area is 166 Å². The Morgan fingerprint density at radius 2 is 2.07 bits per heavy atom. The van der Waals surface area contributed by atoms with Crippen LogP contribution in [0.2, 0.25) is 0 Å². The minimum absolute atomic E-state index is 0.138. The number of nitrogens with zero attached hydrogens (tertiary/aromatic N) is 3. The van der Waals surface area contributed by atoms with Crippen LogP contribution in [0.5, 0.6) is 5.75 Å². The molecule has 0 aliphatic heterocycles. The summed E-state index contributed by atoms with van der Waals surface area (Å²) in [6, 6.07) is 11.2. The van der Waals surface area contributed by atoms with E-state index >= 15 is 0 Å². The molecule has 3 heterocycles. The Bertz CT molecular complexity index is 1230. The second kappa shape index (κ2) is 7.83. The number of aryl methyl sites for hydroxylation is 1. The lowest BCUT2D eigenvalue weighted by molar-refractivity contribution is -0.121. The number of carbonyl (C=O) groups excluding carboxylic acids is 1. The molecule has 0 aliphatic carbocycles. The molecule has 1 N–H and O–H groups in total. The van der Waals surface area contributed by atoms with Crippen molar-refractivity contribution in [1.29, 1.82) is 0 Å². The highest BCUT2D eigenvalue weighted by Gasteiger charge is 2.16. The smallest absolute Gasteiger partial charge is 0.291 e. The summed E-state index contributed by atoms with van der Waals surface area (Å²) in [5, 5.41) is 7.24. The van der Waals surface area contributed by atoms with Crippen LogP contribution >= 0.6 is 0 Å². The Balaban J connectivity index is 1.51. The first-order valence-electron chi connectivity index (χ1n) is 9.49. The molecule has 8 nitrogen and oxygen atoms in total. The topological polar surface area (TPSA) is 90.8 Å². The van der Waals surface area contributed by atoms with Gasteiger partial charge in [-0.2, -0.15) is 5.10 Å². The number of ether oxygens (including phenoxy) is 1. The Kier molecular flexibility index (Phi) is 5.07. The lowest BCUT2D eigenvalue weighted by atomic mass is 10.1. The van der Waals surface area contributed by atoms with Crippen molar-refractivity contribution in [2.45, 2.75) is 26.3 Å². The fraction of sp³-hybridized carbons (Fsp3) is 0.286. The average molecular weight is 394 g/mol. The predicted octanol–water partition coefficient (Wildman–Crippen LogP) is 2.17. The van der Waals surface area contributed by atoms with E-state index in [1.807, 2.05) is 31.2 Å². The lowest BCUT2D eigenvalue weighted by Gasteiger charge is -2.11. The summed E-state index contributed by atoms with van der Waals surface area (Å²) < 4.78 is 13.7. The first kappa shape index (κ1) is 18.8. The van der Waals surface area contributed by atoms with E-state index in [4.69, 9.17) is 9.15 Å². The summed E-state index contributed by atoms with van der Waals surface area (Å²) in [4.78, 5) is 25.2. The van der Waals surface area contributed by atoms with Crippen molar-refractivity contribution >= 4 is 22.5 Å². The second-order valence-electron chi connectivity index (χ2n) is 6.68. The number of amides is 1. The van der Waals surface area contributed by atoms with Gasteiger partial charge in [-0.1, -0.05) is 25.1 Å². The third-order valence-electron chi connectivity index (χ3n) is 4.89. The number of para-hydroxylation sites is 1. The van der Waals surface area contributed by atoms with E-state index in [2.05, 4.69) is 10.4 Å². The van der Waals surface area contributed by atoms with Gasteiger partial charge in [0.2, 0.25) is 5.91 Å². The molecule has 0 bridgehead atoms. The summed E-state index contributed by atoms with van der Waals surface area (Å²) >= 11 is 0. The summed E-state index contributed by atoms with van der Waals surface area (Å²) in [5.41, 5.74) is 2.56. The van der Waals surface area contributed by atoms with Gasteiger partial charge in [0.25, 0.3) is 5.56 Å². The number of hydrogen-bond acceptors (Lipinski definition) is 5. The highest BCUT2D eigenvalue weighted by Crippen LogP contribution is 2.20. The van der Waals surface area contributed by atoms with Crippen LogP contribution in [0.25, 0.3) is 16.6 Å². The molecule has 4 aromatic rings. The number of aromatic nitrogens is 3. The van der Waals surface area contributed by atoms with E-state index in [-0.39, 0.29) is 18.0 Å². The van der Waals surface area contributed by atoms with Crippen LogP contribution in [0.3, 0.4) is 0 Å². The molecule has 0 fully saturated rings. The van der Waals surface area contributed by atoms with Crippen LogP contribution < -0.4 is 15.6 Å². The van der Waals surface area contributed by atoms with Gasteiger partial charge in [0.15, 0.2) is 5.58 Å². The number of benzene rings is 1. The number of carbonyl (C=O) groups is 1. The number of nitrogens with one attached hydrogen (secondary N) is 1. The zero-order valence-corrected chi connectivity index (χ0v) is 16.3. The van der Waals surface area contributed by atoms with Gasteiger partial charge >= 0.3 is 0 Å². The third kappa shape index (κ3) is 3.49. The van der Waals surface area contributed by atoms with Crippen molar-refractivity contribution in [3.05, 3.63) is 64.4 Å². The molecule has 8 heteroatoms. The molecule has 0 saturated carbocycles. The van der Waals surface area contributed by atoms with Crippen LogP contribution in [0.4, 0.5) is 0 Å². The molecule has 0 unspecified atom stereocenters. The number of fused-ring (bicyclic) bond motifs is 3. The van der Waals surface area contributed by atoms with Gasteiger partial charge in [-0.25, -0.2) is 4.68 Å². The van der Waals surface area contributed by atoms with Crippen LogP contribution in [-0.4, -0.2) is 33.7 Å². The minimum Gasteiger partial charge on any atom is -0.496 e. The maximum atomic E-state index is 12.8. The van der Waals surface area contributed by atoms with Gasteiger partial charge in [0, 0.05) is 25.1 Å². The number of furan rings is 1. The summed E-state index contributed by atoms with van der Waals surface area (Å²) in [6.45, 7) is 2.26. The van der Waals surface area contributed by atoms with Crippen molar-refractivity contribution < 1.29 is 13.9 Å². The van der Waals surface area contributed by atoms with Crippen molar-refractivity contribution in [3.63, 3.8) is 0 Å². The highest BCUT2D eigenvalue weighted by molar-refractivity contribution is 5.82. The molecule has 3 aromatic heterocycles. The zero-order valence-electron chi connectivity index (χ0n) is 16.3. The Morgan fingerprint density at radius 1 is 1.24 bits per heavy atom. The molecular weight excluding hydrogens is 372 g/mol. The van der Waals surface area contributed by atoms with E-state index in [0.29, 0.717) is 36.3 Å². The van der Waals surface area contributed by atoms with Crippen molar-refractivity contribution in [2.75, 3.05) is 13.7 Å². The largest absolute Gasteiger partial charge is 0.496 e. The highest BCUT2D eigenvalue weighted by atomic mass is 16.5. The van der Waals surface area contributed by atoms with E-state index in [9.17, 15) is 9.59 Å². The van der Waals surface area contributed by atoms with Gasteiger partial charge in [-0.15, -0.1) is 0 Å². The van der Waals surface area contributed by atoms with E-state index in [0.717, 1.165) is 16.8 Å². The van der Waals surface area contributed by atoms with Gasteiger partial charge in [-0.05, 0) is 18.1 Å². The maximum Gasteiger partial charge on any atom is 0.291 e. The molecule has 0 saturated heterocycles. The predicted molar refractivity (Wildman–Crippen MR) is 108 cm³/mol. The molecule has 0 aliphatic rings. The first-order chi connectivity index (χ1) is 14.1. The van der Waals surface area contributed by atoms with Gasteiger partial charge in [0.05, 0.1) is 18.9 Å². The Hall–Kier alpha value is -3.55. The average Bonchev–Trinajstić information content (AvgIpc) is 3.32. The maximum absolute atomic E-state index is 12.8. The monoisotopic (exact) mass is 394 g/mol. The van der Waals surface area contributed by atoms with Crippen molar-refractivity contribution in [2.24, 2.45) is 0 Å². The molecule has 4 rings (SSSR count). The molecule has 150 valence electrons. The number of rotatable bonds is 7. The molecule has 29 heavy (non-hydrogen) atoms. The molecule has 0 atom stereocenters. The van der Waals surface area contributed by atoms with Crippen molar-refractivity contribution in [1.82, 2.24) is 19.5 Å². The molecular formula is C21H22N4O4. The summed E-state index contributed by atoms with van der Waals surface area (Å²) in [7, 11) is 1.62. The fourth-order valence-corrected chi connectivity index (χ4v) is 3.50. The molecule has 0 radical (unpaired) electrons. The Morgan fingerprint density at radius 3 is 2.86 bits per heavy atom. The minimum atomic E-state index is -0.325. The first-order valence-corrected chi connectivity index (χ1v) is 9.49. The second-order valence-corrected chi connectivity index (χ2v) is 6.68. The van der Waals surface area contributed by atoms with Gasteiger partial charge < -0.3 is 14.5 Å². The molecule has 0 spiro atoms. The normalized spacial score (nSPS) is 11.2. The fourth-order valence-electron chi connectivity index (χ4n) is 3.50. The SMILES string of the molecule is CCc1nn(CC(=O)NCCc2ccccc2OC)c(=O)c2cc3occc3n12. The van der Waals surface area contributed by atoms with Crippen molar-refractivity contribution in [3.8, 4) is 5.75 Å². The number of hydrogen-bond donors (Lipinski definition) is 1. The molecule has 1 amide bonds. The third-order valence-corrected chi connectivity index (χ3v) is 4.89. The van der Waals surface area contributed by atoms with Crippen LogP contribution in [0.1, 0.15) is 18.3 Å². The van der Waals surface area contributed by atoms with Gasteiger partial charge in [0.1, 0.15) is 23.6 Å². The van der Waals surface area contributed by atoms with Crippen LogP contribution in [0, 0.1) is 0 Å². The standard InChI is InChI=1S/C21H22N4O4/c1-3-19-23-24(21(27)16-12-18-15(25(16)19)9-11-29-18)13-20(26)22-10-8-14-6-4-5-7-17(14)28-2/h4-7,9,11-12H,3,8,10,13H2,1-2H3,(H,22,26). The van der Waals surface area contributed by atoms with E-state index in [1.165, 1.54) is 4.68 Å². The summed E-state index contributed by atoms with van der Waals surface area (Å²) in [5.74, 6) is 1.21. The van der Waals surface area contributed by atoms with E-state index in [1.54, 1.807) is 29.9 Å². The van der Waals surface area contributed by atoms with E-state index < -0.39 is 0 Å². The number of methoxy groups -OCH3 is 1. The molecule has 1 aromatic carbocycles. The zero-order chi connectivity index (χ0) is 20.4. The quantitative estimate of drug-likeness (QED) is 0.519. The van der Waals surface area contributed by atoms with Crippen LogP contribution in [-0.2, 0) is 24.2 Å². The summed E-state index contributed by atoms with van der Waals surface area (Å²) in [6.07, 6.45) is 2.82. The van der Waals surface area contributed by atoms with Gasteiger partial charge in [-0.3, -0.25) is 14.0 Å².